The van der Waals surface area contributed by atoms with Crippen LogP contribution in [0.3, 0.4) is 0 Å². The van der Waals surface area contributed by atoms with Crippen molar-refractivity contribution in [3.05, 3.63) is 65.6 Å². The average molecular weight is 519 g/mol. The molecule has 2 aliphatic heterocycles. The summed E-state index contributed by atoms with van der Waals surface area (Å²) in [6.45, 7) is 5.52. The van der Waals surface area contributed by atoms with Crippen LogP contribution in [0.4, 0.5) is 13.2 Å². The number of halogens is 3. The monoisotopic (exact) mass is 518 g/mol. The second-order valence-electron chi connectivity index (χ2n) is 9.22. The summed E-state index contributed by atoms with van der Waals surface area (Å²) in [7, 11) is 2.14. The molecule has 1 atom stereocenters. The fourth-order valence-corrected chi connectivity index (χ4v) is 4.56. The number of hydrogen-bond acceptors (Lipinski definition) is 6. The number of rotatable bonds is 4. The molecule has 5 rings (SSSR count). The topological polar surface area (TPSA) is 94.3 Å². The molecule has 1 unspecified atom stereocenters. The van der Waals surface area contributed by atoms with Crippen molar-refractivity contribution in [3.8, 4) is 0 Å². The van der Waals surface area contributed by atoms with E-state index in [1.807, 2.05) is 27.6 Å². The Morgan fingerprint density at radius 2 is 1.68 bits per heavy atom. The summed E-state index contributed by atoms with van der Waals surface area (Å²) in [6.07, 6.45) is -0.971. The molecule has 2 fully saturated rings. The smallest absolute Gasteiger partial charge is 0.475 e. The summed E-state index contributed by atoms with van der Waals surface area (Å²) in [5.41, 5.74) is 2.83. The Morgan fingerprint density at radius 3 is 2.32 bits per heavy atom. The van der Waals surface area contributed by atoms with Crippen molar-refractivity contribution in [2.75, 3.05) is 39.8 Å². The van der Waals surface area contributed by atoms with Gasteiger partial charge in [0, 0.05) is 45.5 Å². The summed E-state index contributed by atoms with van der Waals surface area (Å²) >= 11 is 0. The lowest BCUT2D eigenvalue weighted by Crippen LogP contribution is -2.46. The Bertz CT molecular complexity index is 1230. The largest absolute Gasteiger partial charge is 0.490 e. The highest BCUT2D eigenvalue weighted by atomic mass is 19.4. The molecular weight excluding hydrogens is 489 g/mol. The molecule has 198 valence electrons. The lowest BCUT2D eigenvalue weighted by Gasteiger charge is -2.38. The van der Waals surface area contributed by atoms with Crippen LogP contribution in [0.15, 0.2) is 48.7 Å². The first-order valence-electron chi connectivity index (χ1n) is 12.0. The lowest BCUT2D eigenvalue weighted by atomic mass is 10.1. The normalized spacial score (nSPS) is 19.0. The summed E-state index contributed by atoms with van der Waals surface area (Å²) in [5.74, 6) is -1.74. The molecule has 9 nitrogen and oxygen atoms in total. The third-order valence-electron chi connectivity index (χ3n) is 6.59. The highest BCUT2D eigenvalue weighted by molar-refractivity contribution is 5.94. The minimum Gasteiger partial charge on any atom is -0.475 e. The van der Waals surface area contributed by atoms with Crippen molar-refractivity contribution in [1.29, 1.82) is 0 Å². The number of carbonyl (C=O) groups is 2. The van der Waals surface area contributed by atoms with E-state index in [4.69, 9.17) is 9.90 Å². The molecule has 1 aromatic carbocycles. The molecule has 3 aromatic rings. The van der Waals surface area contributed by atoms with E-state index in [9.17, 15) is 18.0 Å². The van der Waals surface area contributed by atoms with Crippen LogP contribution < -0.4 is 0 Å². The number of carboxylic acid groups (broad SMARTS) is 1. The van der Waals surface area contributed by atoms with E-state index in [2.05, 4.69) is 57.4 Å². The van der Waals surface area contributed by atoms with Gasteiger partial charge in [0.2, 0.25) is 0 Å². The first kappa shape index (κ1) is 26.6. The molecule has 4 heterocycles. The van der Waals surface area contributed by atoms with Gasteiger partial charge in [0.25, 0.3) is 5.91 Å². The number of amides is 1. The number of alkyl halides is 3. The SMILES string of the molecule is CN1CCN(Cc2ccccc2)CC1c1nnc2ccc(C(=O)N3CCCC3)cn12.O=C(O)C(F)(F)F. The number of nitrogens with zero attached hydrogens (tertiary/aromatic N) is 6. The first-order chi connectivity index (χ1) is 17.6. The summed E-state index contributed by atoms with van der Waals surface area (Å²) in [5, 5.41) is 16.0. The third kappa shape index (κ3) is 6.44. The van der Waals surface area contributed by atoms with Crippen LogP contribution in [0.5, 0.6) is 0 Å². The van der Waals surface area contributed by atoms with Crippen molar-refractivity contribution >= 4 is 17.5 Å². The van der Waals surface area contributed by atoms with Crippen molar-refractivity contribution in [3.63, 3.8) is 0 Å². The fourth-order valence-electron chi connectivity index (χ4n) is 4.56. The number of fused-ring (bicyclic) bond motifs is 1. The molecule has 0 aliphatic carbocycles. The number of aromatic nitrogens is 3. The van der Waals surface area contributed by atoms with Gasteiger partial charge < -0.3 is 10.0 Å². The maximum absolute atomic E-state index is 12.9. The highest BCUT2D eigenvalue weighted by Gasteiger charge is 2.38. The van der Waals surface area contributed by atoms with Gasteiger partial charge in [0.05, 0.1) is 11.6 Å². The summed E-state index contributed by atoms with van der Waals surface area (Å²) in [6, 6.07) is 14.5. The van der Waals surface area contributed by atoms with E-state index in [0.29, 0.717) is 5.56 Å². The van der Waals surface area contributed by atoms with Gasteiger partial charge in [0.15, 0.2) is 11.5 Å². The van der Waals surface area contributed by atoms with Gasteiger partial charge in [-0.1, -0.05) is 30.3 Å². The van der Waals surface area contributed by atoms with Crippen LogP contribution >= 0.6 is 0 Å². The zero-order chi connectivity index (χ0) is 26.6. The molecule has 2 saturated heterocycles. The molecule has 12 heteroatoms. The molecule has 37 heavy (non-hydrogen) atoms. The van der Waals surface area contributed by atoms with Gasteiger partial charge in [-0.25, -0.2) is 4.79 Å². The third-order valence-corrected chi connectivity index (χ3v) is 6.59. The van der Waals surface area contributed by atoms with E-state index in [1.54, 1.807) is 0 Å². The quantitative estimate of drug-likeness (QED) is 0.567. The van der Waals surface area contributed by atoms with Crippen LogP contribution in [0.1, 0.15) is 40.6 Å². The number of hydrogen-bond donors (Lipinski definition) is 1. The summed E-state index contributed by atoms with van der Waals surface area (Å²) in [4.78, 5) is 28.5. The molecule has 0 bridgehead atoms. The van der Waals surface area contributed by atoms with E-state index in [0.717, 1.165) is 63.6 Å². The Balaban J connectivity index is 0.000000405. The van der Waals surface area contributed by atoms with Crippen molar-refractivity contribution in [2.24, 2.45) is 0 Å². The number of carboxylic acids is 1. The van der Waals surface area contributed by atoms with Crippen LogP contribution in [0.2, 0.25) is 0 Å². The Kier molecular flexibility index (Phi) is 8.08. The Labute approximate surface area is 212 Å². The first-order valence-corrected chi connectivity index (χ1v) is 12.0. The second kappa shape index (κ2) is 11.3. The van der Waals surface area contributed by atoms with Crippen molar-refractivity contribution in [2.45, 2.75) is 31.6 Å². The molecule has 0 radical (unpaired) electrons. The van der Waals surface area contributed by atoms with Gasteiger partial charge in [-0.3, -0.25) is 19.0 Å². The molecule has 2 aliphatic rings. The predicted molar refractivity (Wildman–Crippen MR) is 129 cm³/mol. The fraction of sp³-hybridized carbons (Fsp3) is 0.440. The maximum Gasteiger partial charge on any atom is 0.490 e. The summed E-state index contributed by atoms with van der Waals surface area (Å²) < 4.78 is 33.7. The van der Waals surface area contributed by atoms with Crippen LogP contribution in [-0.2, 0) is 11.3 Å². The predicted octanol–water partition coefficient (Wildman–Crippen LogP) is 3.09. The van der Waals surface area contributed by atoms with Crippen LogP contribution in [0.25, 0.3) is 5.65 Å². The van der Waals surface area contributed by atoms with E-state index >= 15 is 0 Å². The molecule has 1 N–H and O–H groups in total. The van der Waals surface area contributed by atoms with Crippen LogP contribution in [-0.4, -0.2) is 92.2 Å². The average Bonchev–Trinajstić information content (AvgIpc) is 3.55. The minimum absolute atomic E-state index is 0.108. The number of piperazine rings is 1. The molecule has 0 spiro atoms. The highest BCUT2D eigenvalue weighted by Crippen LogP contribution is 2.25. The van der Waals surface area contributed by atoms with E-state index in [1.165, 1.54) is 5.56 Å². The zero-order valence-corrected chi connectivity index (χ0v) is 20.4. The molecular formula is C25H29F3N6O3. The van der Waals surface area contributed by atoms with Gasteiger partial charge in [0.1, 0.15) is 0 Å². The van der Waals surface area contributed by atoms with E-state index in [-0.39, 0.29) is 11.9 Å². The maximum atomic E-state index is 12.9. The number of likely N-dealkylation sites (N-methyl/N-ethyl adjacent to an activating group) is 1. The van der Waals surface area contributed by atoms with Crippen LogP contribution in [0, 0.1) is 0 Å². The Hall–Kier alpha value is -3.51. The number of likely N-dealkylation sites (tertiary alicyclic amines) is 1. The standard InChI is InChI=1S/C23H28N6O.C2HF3O2/c1-26-13-14-27(15-18-7-3-2-4-8-18)17-20(26)22-25-24-21-10-9-19(16-29(21)22)23(30)28-11-5-6-12-28;3-2(4,5)1(6)7/h2-4,7-10,16,20H,5-6,11-15,17H2,1H3;(H,6,7). The Morgan fingerprint density at radius 1 is 1.00 bits per heavy atom. The van der Waals surface area contributed by atoms with Crippen molar-refractivity contribution < 1.29 is 27.9 Å². The number of benzene rings is 1. The number of pyridine rings is 1. The number of aliphatic carboxylic acids is 1. The van der Waals surface area contributed by atoms with Gasteiger partial charge in [-0.15, -0.1) is 10.2 Å². The van der Waals surface area contributed by atoms with Gasteiger partial charge in [-0.2, -0.15) is 13.2 Å². The lowest BCUT2D eigenvalue weighted by molar-refractivity contribution is -0.192. The second-order valence-corrected chi connectivity index (χ2v) is 9.22. The molecule has 0 saturated carbocycles. The zero-order valence-electron chi connectivity index (χ0n) is 20.4. The molecule has 2 aromatic heterocycles. The van der Waals surface area contributed by atoms with Crippen molar-refractivity contribution in [1.82, 2.24) is 29.3 Å². The van der Waals surface area contributed by atoms with Gasteiger partial charge in [-0.05, 0) is 37.6 Å². The number of carbonyl (C=O) groups excluding carboxylic acids is 1. The van der Waals surface area contributed by atoms with Gasteiger partial charge >= 0.3 is 12.1 Å². The van der Waals surface area contributed by atoms with E-state index < -0.39 is 12.1 Å². The minimum atomic E-state index is -5.08. The molecule has 1 amide bonds.